The standard InChI is InChI=1S/C12H18N2O4S3/c1-4-21(16,17)9-7-19-6-5-14(9)12-13-8(2)10(20-12)11(15)18-3/h9H,4-7H2,1-3H3. The van der Waals surface area contributed by atoms with Gasteiger partial charge in [-0.15, -0.1) is 0 Å². The first kappa shape index (κ1) is 16.6. The maximum absolute atomic E-state index is 12.3. The van der Waals surface area contributed by atoms with E-state index in [1.807, 2.05) is 0 Å². The summed E-state index contributed by atoms with van der Waals surface area (Å²) in [6, 6.07) is 0. The van der Waals surface area contributed by atoms with Crippen molar-refractivity contribution in [3.8, 4) is 0 Å². The average molecular weight is 350 g/mol. The van der Waals surface area contributed by atoms with Gasteiger partial charge in [0.05, 0.1) is 12.8 Å². The van der Waals surface area contributed by atoms with Gasteiger partial charge in [-0.1, -0.05) is 18.3 Å². The first-order valence-corrected chi connectivity index (χ1v) is 10.2. The van der Waals surface area contributed by atoms with E-state index in [1.165, 1.54) is 18.4 Å². The Hall–Kier alpha value is -0.800. The molecule has 9 heteroatoms. The van der Waals surface area contributed by atoms with Crippen LogP contribution in [-0.4, -0.2) is 55.7 Å². The fraction of sp³-hybridized carbons (Fsp3) is 0.667. The highest BCUT2D eigenvalue weighted by atomic mass is 32.2. The summed E-state index contributed by atoms with van der Waals surface area (Å²) in [4.78, 5) is 18.3. The molecule has 2 heterocycles. The average Bonchev–Trinajstić information content (AvgIpc) is 2.88. The summed E-state index contributed by atoms with van der Waals surface area (Å²) in [5.41, 5.74) is 0.577. The molecule has 1 fully saturated rings. The van der Waals surface area contributed by atoms with Crippen LogP contribution >= 0.6 is 23.1 Å². The Morgan fingerprint density at radius 3 is 2.86 bits per heavy atom. The van der Waals surface area contributed by atoms with Crippen molar-refractivity contribution in [3.05, 3.63) is 10.6 Å². The van der Waals surface area contributed by atoms with Crippen molar-refractivity contribution in [2.24, 2.45) is 0 Å². The van der Waals surface area contributed by atoms with Crippen molar-refractivity contribution in [2.75, 3.05) is 35.8 Å². The number of carbonyl (C=O) groups is 1. The number of hydrogen-bond acceptors (Lipinski definition) is 8. The van der Waals surface area contributed by atoms with E-state index in [4.69, 9.17) is 4.74 Å². The van der Waals surface area contributed by atoms with Crippen LogP contribution in [0.1, 0.15) is 22.3 Å². The largest absolute Gasteiger partial charge is 0.465 e. The number of thioether (sulfide) groups is 1. The molecule has 6 nitrogen and oxygen atoms in total. The van der Waals surface area contributed by atoms with E-state index < -0.39 is 21.2 Å². The lowest BCUT2D eigenvalue weighted by Crippen LogP contribution is -2.48. The summed E-state index contributed by atoms with van der Waals surface area (Å²) < 4.78 is 29.2. The lowest BCUT2D eigenvalue weighted by molar-refractivity contribution is 0.0605. The lowest BCUT2D eigenvalue weighted by Gasteiger charge is -2.34. The van der Waals surface area contributed by atoms with Gasteiger partial charge < -0.3 is 9.64 Å². The molecule has 1 aromatic heterocycles. The number of methoxy groups -OCH3 is 1. The van der Waals surface area contributed by atoms with Crippen LogP contribution in [0.25, 0.3) is 0 Å². The number of carbonyl (C=O) groups excluding carboxylic acids is 1. The number of sulfone groups is 1. The molecule has 0 radical (unpaired) electrons. The monoisotopic (exact) mass is 350 g/mol. The first-order valence-electron chi connectivity index (χ1n) is 6.52. The molecule has 1 aliphatic heterocycles. The molecule has 2 rings (SSSR count). The summed E-state index contributed by atoms with van der Waals surface area (Å²) in [6.07, 6.45) is 0. The Morgan fingerprint density at radius 1 is 1.52 bits per heavy atom. The first-order chi connectivity index (χ1) is 9.90. The molecule has 1 saturated heterocycles. The molecule has 1 atom stereocenters. The molecule has 0 N–H and O–H groups in total. The zero-order chi connectivity index (χ0) is 15.6. The Bertz CT molecular complexity index is 626. The second-order valence-corrected chi connectivity index (χ2v) is 9.15. The van der Waals surface area contributed by atoms with Gasteiger partial charge in [0.1, 0.15) is 10.3 Å². The van der Waals surface area contributed by atoms with Crippen molar-refractivity contribution >= 4 is 44.0 Å². The second-order valence-electron chi connectivity index (χ2n) is 4.58. The summed E-state index contributed by atoms with van der Waals surface area (Å²) in [5, 5.41) is 0.00696. The van der Waals surface area contributed by atoms with Crippen molar-refractivity contribution in [2.45, 2.75) is 19.2 Å². The quantitative estimate of drug-likeness (QED) is 0.763. The fourth-order valence-corrected chi connectivity index (χ4v) is 6.17. The molecule has 0 spiro atoms. The van der Waals surface area contributed by atoms with E-state index in [0.29, 0.717) is 28.0 Å². The van der Waals surface area contributed by atoms with Crippen molar-refractivity contribution in [1.82, 2.24) is 4.98 Å². The normalized spacial score (nSPS) is 19.6. The molecule has 1 aliphatic rings. The third-order valence-electron chi connectivity index (χ3n) is 3.30. The predicted octanol–water partition coefficient (Wildman–Crippen LogP) is 1.55. The van der Waals surface area contributed by atoms with Crippen LogP contribution in [-0.2, 0) is 14.6 Å². The van der Waals surface area contributed by atoms with E-state index >= 15 is 0 Å². The molecule has 0 amide bonds. The highest BCUT2D eigenvalue weighted by molar-refractivity contribution is 8.01. The van der Waals surface area contributed by atoms with Crippen LogP contribution in [0.15, 0.2) is 0 Å². The Kier molecular flexibility index (Phi) is 5.15. The van der Waals surface area contributed by atoms with Gasteiger partial charge in [-0.2, -0.15) is 11.8 Å². The van der Waals surface area contributed by atoms with Gasteiger partial charge in [0.15, 0.2) is 15.0 Å². The molecule has 118 valence electrons. The summed E-state index contributed by atoms with van der Waals surface area (Å²) in [7, 11) is -1.87. The van der Waals surface area contributed by atoms with Crippen molar-refractivity contribution in [1.29, 1.82) is 0 Å². The van der Waals surface area contributed by atoms with Gasteiger partial charge >= 0.3 is 5.97 Å². The number of aryl methyl sites for hydroxylation is 1. The second kappa shape index (κ2) is 6.53. The topological polar surface area (TPSA) is 76.6 Å². The molecule has 0 aliphatic carbocycles. The molecule has 21 heavy (non-hydrogen) atoms. The van der Waals surface area contributed by atoms with Crippen LogP contribution in [0.4, 0.5) is 5.13 Å². The molecule has 1 aromatic rings. The Morgan fingerprint density at radius 2 is 2.24 bits per heavy atom. The summed E-state index contributed by atoms with van der Waals surface area (Å²) >= 11 is 2.83. The summed E-state index contributed by atoms with van der Waals surface area (Å²) in [5.74, 6) is 1.05. The number of hydrogen-bond donors (Lipinski definition) is 0. The minimum absolute atomic E-state index is 0.100. The number of ether oxygens (including phenoxy) is 1. The van der Waals surface area contributed by atoms with E-state index in [2.05, 4.69) is 4.98 Å². The van der Waals surface area contributed by atoms with Crippen LogP contribution in [0, 0.1) is 6.92 Å². The molecular weight excluding hydrogens is 332 g/mol. The number of anilines is 1. The summed E-state index contributed by atoms with van der Waals surface area (Å²) in [6.45, 7) is 4.00. The highest BCUT2D eigenvalue weighted by Crippen LogP contribution is 2.32. The fourth-order valence-electron chi connectivity index (χ4n) is 2.08. The molecule has 0 bridgehead atoms. The van der Waals surface area contributed by atoms with Gasteiger partial charge in [0.25, 0.3) is 0 Å². The molecular formula is C12H18N2O4S3. The Labute approximate surface area is 132 Å². The van der Waals surface area contributed by atoms with Gasteiger partial charge in [0.2, 0.25) is 0 Å². The van der Waals surface area contributed by atoms with Crippen LogP contribution in [0.5, 0.6) is 0 Å². The smallest absolute Gasteiger partial charge is 0.350 e. The van der Waals surface area contributed by atoms with Crippen LogP contribution in [0.3, 0.4) is 0 Å². The minimum atomic E-state index is -3.19. The lowest BCUT2D eigenvalue weighted by atomic mass is 10.4. The number of esters is 1. The van der Waals surface area contributed by atoms with Gasteiger partial charge in [-0.3, -0.25) is 0 Å². The third-order valence-corrected chi connectivity index (χ3v) is 7.77. The third kappa shape index (κ3) is 3.35. The number of nitrogens with zero attached hydrogens (tertiary/aromatic N) is 2. The van der Waals surface area contributed by atoms with Crippen molar-refractivity contribution in [3.63, 3.8) is 0 Å². The van der Waals surface area contributed by atoms with Gasteiger partial charge in [0, 0.05) is 23.8 Å². The molecule has 0 saturated carbocycles. The number of rotatable bonds is 4. The molecule has 1 unspecified atom stereocenters. The minimum Gasteiger partial charge on any atom is -0.465 e. The van der Waals surface area contributed by atoms with Crippen LogP contribution in [0.2, 0.25) is 0 Å². The van der Waals surface area contributed by atoms with Gasteiger partial charge in [-0.05, 0) is 6.92 Å². The zero-order valence-corrected chi connectivity index (χ0v) is 14.6. The predicted molar refractivity (Wildman–Crippen MR) is 86.1 cm³/mol. The zero-order valence-electron chi connectivity index (χ0n) is 12.2. The Balaban J connectivity index is 2.36. The number of thiazole rings is 1. The number of aromatic nitrogens is 1. The van der Waals surface area contributed by atoms with E-state index in [0.717, 1.165) is 5.75 Å². The maximum atomic E-state index is 12.3. The van der Waals surface area contributed by atoms with E-state index in [-0.39, 0.29) is 5.75 Å². The molecule has 0 aromatic carbocycles. The van der Waals surface area contributed by atoms with E-state index in [9.17, 15) is 13.2 Å². The highest BCUT2D eigenvalue weighted by Gasteiger charge is 2.35. The van der Waals surface area contributed by atoms with Crippen molar-refractivity contribution < 1.29 is 17.9 Å². The van der Waals surface area contributed by atoms with Gasteiger partial charge in [-0.25, -0.2) is 18.2 Å². The maximum Gasteiger partial charge on any atom is 0.350 e. The SMILES string of the molecule is CCS(=O)(=O)C1CSCCN1c1nc(C)c(C(=O)OC)s1. The van der Waals surface area contributed by atoms with E-state index in [1.54, 1.807) is 30.5 Å². The van der Waals surface area contributed by atoms with Crippen LogP contribution < -0.4 is 4.90 Å².